The van der Waals surface area contributed by atoms with Gasteiger partial charge in [0.05, 0.1) is 0 Å². The van der Waals surface area contributed by atoms with Crippen LogP contribution in [0.3, 0.4) is 0 Å². The summed E-state index contributed by atoms with van der Waals surface area (Å²) >= 11 is 0. The summed E-state index contributed by atoms with van der Waals surface area (Å²) in [6, 6.07) is 8.81. The fourth-order valence-corrected chi connectivity index (χ4v) is 1.70. The molecule has 0 unspecified atom stereocenters. The molecule has 0 bridgehead atoms. The summed E-state index contributed by atoms with van der Waals surface area (Å²) in [6.07, 6.45) is 0. The number of benzene rings is 2. The number of halogens is 2. The van der Waals surface area contributed by atoms with Crippen LogP contribution in [-0.4, -0.2) is 11.8 Å². The number of hydrazine groups is 1. The van der Waals surface area contributed by atoms with Gasteiger partial charge < -0.3 is 5.32 Å². The number of nitrogens with two attached hydrogens (primary N) is 1. The fourth-order valence-electron chi connectivity index (χ4n) is 1.70. The molecule has 0 aromatic heterocycles. The van der Waals surface area contributed by atoms with Crippen LogP contribution in [0.1, 0.15) is 20.7 Å². The summed E-state index contributed by atoms with van der Waals surface area (Å²) in [6.45, 7) is 0. The summed E-state index contributed by atoms with van der Waals surface area (Å²) in [5.41, 5.74) is 1.86. The Morgan fingerprint density at radius 3 is 2.00 bits per heavy atom. The zero-order valence-electron chi connectivity index (χ0n) is 10.7. The number of rotatable bonds is 3. The van der Waals surface area contributed by atoms with Crippen molar-refractivity contribution in [3.05, 3.63) is 65.2 Å². The van der Waals surface area contributed by atoms with Crippen LogP contribution in [0, 0.1) is 11.6 Å². The van der Waals surface area contributed by atoms with E-state index >= 15 is 0 Å². The van der Waals surface area contributed by atoms with Crippen molar-refractivity contribution in [1.29, 1.82) is 0 Å². The molecule has 21 heavy (non-hydrogen) atoms. The van der Waals surface area contributed by atoms with Crippen molar-refractivity contribution < 1.29 is 18.4 Å². The van der Waals surface area contributed by atoms with Gasteiger partial charge in [0.1, 0.15) is 17.2 Å². The highest BCUT2D eigenvalue weighted by Gasteiger charge is 2.17. The van der Waals surface area contributed by atoms with E-state index in [2.05, 4.69) is 5.32 Å². The Kier molecular flexibility index (Phi) is 4.24. The number of hydrogen-bond donors (Lipinski definition) is 3. The van der Waals surface area contributed by atoms with Crippen molar-refractivity contribution in [1.82, 2.24) is 5.43 Å². The molecule has 0 spiro atoms. The average Bonchev–Trinajstić information content (AvgIpc) is 2.47. The van der Waals surface area contributed by atoms with E-state index in [9.17, 15) is 18.4 Å². The molecule has 2 rings (SSSR count). The van der Waals surface area contributed by atoms with Crippen LogP contribution in [0.15, 0.2) is 42.5 Å². The second kappa shape index (κ2) is 6.10. The van der Waals surface area contributed by atoms with E-state index in [-0.39, 0.29) is 11.3 Å². The minimum atomic E-state index is -0.952. The molecule has 0 saturated heterocycles. The van der Waals surface area contributed by atoms with Crippen LogP contribution >= 0.6 is 0 Å². The number of nitrogens with one attached hydrogen (secondary N) is 2. The summed E-state index contributed by atoms with van der Waals surface area (Å²) < 4.78 is 26.9. The molecule has 0 fully saturated rings. The van der Waals surface area contributed by atoms with Gasteiger partial charge in [0, 0.05) is 11.3 Å². The van der Waals surface area contributed by atoms with Gasteiger partial charge in [-0.3, -0.25) is 15.0 Å². The van der Waals surface area contributed by atoms with E-state index in [0.717, 1.165) is 12.1 Å². The molecule has 7 heteroatoms. The predicted octanol–water partition coefficient (Wildman–Crippen LogP) is 1.82. The lowest BCUT2D eigenvalue weighted by atomic mass is 10.1. The van der Waals surface area contributed by atoms with Crippen LogP contribution in [-0.2, 0) is 0 Å². The predicted molar refractivity (Wildman–Crippen MR) is 72.4 cm³/mol. The van der Waals surface area contributed by atoms with E-state index in [0.29, 0.717) is 0 Å². The Hall–Kier alpha value is -2.80. The maximum atomic E-state index is 13.5. The highest BCUT2D eigenvalue weighted by Crippen LogP contribution is 2.15. The lowest BCUT2D eigenvalue weighted by molar-refractivity contribution is 0.0953. The van der Waals surface area contributed by atoms with Gasteiger partial charge in [-0.25, -0.2) is 14.6 Å². The van der Waals surface area contributed by atoms with Gasteiger partial charge >= 0.3 is 0 Å². The minimum Gasteiger partial charge on any atom is -0.322 e. The third-order valence-corrected chi connectivity index (χ3v) is 2.73. The molecule has 108 valence electrons. The molecule has 2 aromatic carbocycles. The van der Waals surface area contributed by atoms with Gasteiger partial charge in [-0.15, -0.1) is 0 Å². The van der Waals surface area contributed by atoms with Crippen molar-refractivity contribution in [3.8, 4) is 0 Å². The quantitative estimate of drug-likeness (QED) is 0.458. The third kappa shape index (κ3) is 3.21. The molecule has 2 amide bonds. The van der Waals surface area contributed by atoms with E-state index in [1.807, 2.05) is 5.43 Å². The Morgan fingerprint density at radius 2 is 1.48 bits per heavy atom. The van der Waals surface area contributed by atoms with Crippen LogP contribution < -0.4 is 16.6 Å². The first-order chi connectivity index (χ1) is 10.0. The van der Waals surface area contributed by atoms with Crippen LogP contribution in [0.5, 0.6) is 0 Å². The standard InChI is InChI=1S/C14H11F2N3O2/c15-10-2-1-3-11(16)12(10)14(21)18-9-6-4-8(5-7-9)13(20)19-17/h1-7H,17H2,(H,18,21)(H,19,20). The Morgan fingerprint density at radius 1 is 0.905 bits per heavy atom. The Labute approximate surface area is 118 Å². The second-order valence-corrected chi connectivity index (χ2v) is 4.10. The van der Waals surface area contributed by atoms with Crippen LogP contribution in [0.25, 0.3) is 0 Å². The Bertz CT molecular complexity index is 667. The molecular weight excluding hydrogens is 280 g/mol. The van der Waals surface area contributed by atoms with Crippen LogP contribution in [0.2, 0.25) is 0 Å². The normalized spacial score (nSPS) is 10.0. The SMILES string of the molecule is NNC(=O)c1ccc(NC(=O)c2c(F)cccc2F)cc1. The average molecular weight is 291 g/mol. The largest absolute Gasteiger partial charge is 0.322 e. The molecule has 0 heterocycles. The zero-order chi connectivity index (χ0) is 15.4. The lowest BCUT2D eigenvalue weighted by Crippen LogP contribution is -2.29. The molecule has 5 nitrogen and oxygen atoms in total. The summed E-state index contributed by atoms with van der Waals surface area (Å²) in [4.78, 5) is 23.1. The van der Waals surface area contributed by atoms with Gasteiger partial charge in [-0.05, 0) is 36.4 Å². The monoisotopic (exact) mass is 291 g/mol. The first-order valence-electron chi connectivity index (χ1n) is 5.89. The smallest absolute Gasteiger partial charge is 0.265 e. The summed E-state index contributed by atoms with van der Waals surface area (Å²) in [7, 11) is 0. The Balaban J connectivity index is 2.18. The number of carbonyl (C=O) groups is 2. The van der Waals surface area contributed by atoms with E-state index in [4.69, 9.17) is 5.84 Å². The number of carbonyl (C=O) groups excluding carboxylic acids is 2. The minimum absolute atomic E-state index is 0.285. The van der Waals surface area contributed by atoms with Crippen molar-refractivity contribution >= 4 is 17.5 Å². The van der Waals surface area contributed by atoms with Crippen LogP contribution in [0.4, 0.5) is 14.5 Å². The highest BCUT2D eigenvalue weighted by molar-refractivity contribution is 6.05. The molecular formula is C14H11F2N3O2. The molecule has 0 saturated carbocycles. The molecule has 2 aromatic rings. The number of nitrogen functional groups attached to an aromatic ring is 1. The van der Waals surface area contributed by atoms with Crippen molar-refractivity contribution in [2.75, 3.05) is 5.32 Å². The maximum Gasteiger partial charge on any atom is 0.265 e. The third-order valence-electron chi connectivity index (χ3n) is 2.73. The molecule has 0 radical (unpaired) electrons. The fraction of sp³-hybridized carbons (Fsp3) is 0. The van der Waals surface area contributed by atoms with Crippen molar-refractivity contribution in [2.24, 2.45) is 5.84 Å². The van der Waals surface area contributed by atoms with E-state index in [1.54, 1.807) is 0 Å². The van der Waals surface area contributed by atoms with Gasteiger partial charge in [0.25, 0.3) is 11.8 Å². The number of hydrogen-bond acceptors (Lipinski definition) is 3. The number of amides is 2. The van der Waals surface area contributed by atoms with Gasteiger partial charge in [0.2, 0.25) is 0 Å². The van der Waals surface area contributed by atoms with Gasteiger partial charge in [-0.2, -0.15) is 0 Å². The highest BCUT2D eigenvalue weighted by atomic mass is 19.1. The molecule has 0 aliphatic carbocycles. The molecule has 0 aliphatic rings. The van der Waals surface area contributed by atoms with Gasteiger partial charge in [-0.1, -0.05) is 6.07 Å². The second-order valence-electron chi connectivity index (χ2n) is 4.10. The van der Waals surface area contributed by atoms with Gasteiger partial charge in [0.15, 0.2) is 0 Å². The molecule has 0 aliphatic heterocycles. The number of anilines is 1. The molecule has 0 atom stereocenters. The summed E-state index contributed by atoms with van der Waals surface area (Å²) in [5.74, 6) is 1.67. The lowest BCUT2D eigenvalue weighted by Gasteiger charge is -2.07. The van der Waals surface area contributed by atoms with Crippen molar-refractivity contribution in [3.63, 3.8) is 0 Å². The van der Waals surface area contributed by atoms with E-state index < -0.39 is 29.0 Å². The zero-order valence-corrected chi connectivity index (χ0v) is 10.7. The summed E-state index contributed by atoms with van der Waals surface area (Å²) in [5, 5.41) is 2.34. The first-order valence-corrected chi connectivity index (χ1v) is 5.89. The van der Waals surface area contributed by atoms with Crippen molar-refractivity contribution in [2.45, 2.75) is 0 Å². The van der Waals surface area contributed by atoms with E-state index in [1.165, 1.54) is 30.3 Å². The first kappa shape index (κ1) is 14.6. The topological polar surface area (TPSA) is 84.2 Å². The molecule has 4 N–H and O–H groups in total. The maximum absolute atomic E-state index is 13.5.